The maximum absolute atomic E-state index is 13.2. The van der Waals surface area contributed by atoms with Gasteiger partial charge >= 0.3 is 0 Å². The smallest absolute Gasteiger partial charge is 0.225 e. The van der Waals surface area contributed by atoms with E-state index in [1.54, 1.807) is 0 Å². The lowest BCUT2D eigenvalue weighted by molar-refractivity contribution is 0.212. The van der Waals surface area contributed by atoms with Crippen LogP contribution in [0.1, 0.15) is 33.1 Å². The summed E-state index contributed by atoms with van der Waals surface area (Å²) in [5.41, 5.74) is 0.210. The first-order valence-corrected chi connectivity index (χ1v) is 7.23. The lowest BCUT2D eigenvalue weighted by Crippen LogP contribution is -2.39. The van der Waals surface area contributed by atoms with Crippen molar-refractivity contribution >= 4 is 28.5 Å². The number of unbranched alkanes of at least 4 members (excludes halogenated alkanes) is 1. The topological polar surface area (TPSA) is 70.9 Å². The number of aliphatic hydroxyl groups excluding tert-OH is 1. The zero-order valence-electron chi connectivity index (χ0n) is 12.0. The Hall–Kier alpha value is -1.53. The van der Waals surface area contributed by atoms with Crippen molar-refractivity contribution in [1.29, 1.82) is 0 Å². The monoisotopic (exact) mass is 312 g/mol. The summed E-state index contributed by atoms with van der Waals surface area (Å²) in [6.07, 6.45) is 3.85. The van der Waals surface area contributed by atoms with Crippen molar-refractivity contribution in [2.24, 2.45) is 0 Å². The third-order valence-corrected chi connectivity index (χ3v) is 3.50. The summed E-state index contributed by atoms with van der Waals surface area (Å²) in [5, 5.41) is 12.8. The summed E-state index contributed by atoms with van der Waals surface area (Å²) in [6, 6.07) is 1.25. The van der Waals surface area contributed by atoms with Crippen LogP contribution in [-0.2, 0) is 0 Å². The summed E-state index contributed by atoms with van der Waals surface area (Å²) in [6.45, 7) is 3.92. The van der Waals surface area contributed by atoms with Gasteiger partial charge in [-0.25, -0.2) is 14.4 Å². The van der Waals surface area contributed by atoms with E-state index in [-0.39, 0.29) is 11.9 Å². The molecule has 2 aromatic rings. The number of anilines is 1. The van der Waals surface area contributed by atoms with Crippen molar-refractivity contribution in [2.45, 2.75) is 38.6 Å². The molecule has 1 atom stereocenters. The van der Waals surface area contributed by atoms with Crippen molar-refractivity contribution < 1.29 is 9.50 Å². The normalized spacial score (nSPS) is 14.1. The van der Waals surface area contributed by atoms with E-state index >= 15 is 0 Å². The first kappa shape index (κ1) is 15.9. The minimum atomic E-state index is -0.545. The molecule has 2 N–H and O–H groups in total. The van der Waals surface area contributed by atoms with E-state index in [2.05, 4.69) is 27.2 Å². The van der Waals surface area contributed by atoms with Crippen molar-refractivity contribution in [2.75, 3.05) is 11.9 Å². The number of nitrogens with one attached hydrogen (secondary N) is 1. The van der Waals surface area contributed by atoms with Crippen molar-refractivity contribution in [3.05, 3.63) is 23.4 Å². The van der Waals surface area contributed by atoms with Gasteiger partial charge in [0.15, 0.2) is 5.82 Å². The summed E-state index contributed by atoms with van der Waals surface area (Å²) < 4.78 is 13.2. The fourth-order valence-electron chi connectivity index (χ4n) is 2.09. The molecule has 0 spiro atoms. The maximum atomic E-state index is 13.2. The van der Waals surface area contributed by atoms with Crippen LogP contribution in [0, 0.1) is 5.82 Å². The molecule has 0 aliphatic rings. The number of hydrogen-bond donors (Lipinski definition) is 2. The largest absolute Gasteiger partial charge is 0.394 e. The Morgan fingerprint density at radius 2 is 2.19 bits per heavy atom. The Kier molecular flexibility index (Phi) is 4.90. The molecule has 114 valence electrons. The molecule has 1 unspecified atom stereocenters. The third kappa shape index (κ3) is 3.77. The summed E-state index contributed by atoms with van der Waals surface area (Å²) in [5.74, 6) is -0.0863. The van der Waals surface area contributed by atoms with Crippen LogP contribution < -0.4 is 5.32 Å². The molecule has 0 amide bonds. The summed E-state index contributed by atoms with van der Waals surface area (Å²) in [4.78, 5) is 12.1. The van der Waals surface area contributed by atoms with Crippen LogP contribution in [0.4, 0.5) is 10.2 Å². The number of aliphatic hydroxyl groups is 1. The van der Waals surface area contributed by atoms with Crippen LogP contribution in [0.15, 0.2) is 12.3 Å². The molecular weight excluding hydrogens is 295 g/mol. The first-order valence-electron chi connectivity index (χ1n) is 6.85. The number of halogens is 2. The van der Waals surface area contributed by atoms with Gasteiger partial charge in [-0.15, -0.1) is 0 Å². The number of aromatic nitrogens is 3. The van der Waals surface area contributed by atoms with E-state index < -0.39 is 11.4 Å². The average Bonchev–Trinajstić information content (AvgIpc) is 2.44. The number of hydrogen-bond acceptors (Lipinski definition) is 5. The average molecular weight is 313 g/mol. The fraction of sp³-hybridized carbons (Fsp3) is 0.500. The Bertz CT molecular complexity index is 634. The van der Waals surface area contributed by atoms with Gasteiger partial charge in [-0.2, -0.15) is 4.98 Å². The molecule has 0 bridgehead atoms. The van der Waals surface area contributed by atoms with Crippen LogP contribution in [0.5, 0.6) is 0 Å². The molecule has 7 heteroatoms. The van der Waals surface area contributed by atoms with Gasteiger partial charge in [0.1, 0.15) is 11.3 Å². The van der Waals surface area contributed by atoms with Crippen LogP contribution >= 0.6 is 11.6 Å². The Morgan fingerprint density at radius 1 is 1.43 bits per heavy atom. The molecule has 21 heavy (non-hydrogen) atoms. The van der Waals surface area contributed by atoms with Gasteiger partial charge in [0.05, 0.1) is 23.9 Å². The second kappa shape index (κ2) is 6.49. The molecule has 0 fully saturated rings. The minimum Gasteiger partial charge on any atom is -0.394 e. The highest BCUT2D eigenvalue weighted by Crippen LogP contribution is 2.25. The van der Waals surface area contributed by atoms with Gasteiger partial charge in [0.2, 0.25) is 5.28 Å². The number of fused-ring (bicyclic) bond motifs is 1. The van der Waals surface area contributed by atoms with Gasteiger partial charge in [-0.3, -0.25) is 0 Å². The zero-order chi connectivity index (χ0) is 15.5. The summed E-state index contributed by atoms with van der Waals surface area (Å²) in [7, 11) is 0. The third-order valence-electron chi connectivity index (χ3n) is 3.33. The van der Waals surface area contributed by atoms with Crippen LogP contribution in [0.25, 0.3) is 11.0 Å². The quantitative estimate of drug-likeness (QED) is 0.802. The second-order valence-corrected chi connectivity index (χ2v) is 5.65. The van der Waals surface area contributed by atoms with E-state index in [1.807, 2.05) is 6.92 Å². The maximum Gasteiger partial charge on any atom is 0.225 e. The first-order chi connectivity index (χ1) is 9.97. The van der Waals surface area contributed by atoms with Gasteiger partial charge in [-0.1, -0.05) is 19.8 Å². The van der Waals surface area contributed by atoms with Gasteiger partial charge < -0.3 is 10.4 Å². The van der Waals surface area contributed by atoms with E-state index in [0.29, 0.717) is 16.9 Å². The lowest BCUT2D eigenvalue weighted by atomic mass is 9.96. The fourth-order valence-corrected chi connectivity index (χ4v) is 2.26. The summed E-state index contributed by atoms with van der Waals surface area (Å²) >= 11 is 5.88. The molecule has 0 radical (unpaired) electrons. The molecule has 2 rings (SSSR count). The highest BCUT2D eigenvalue weighted by atomic mass is 35.5. The van der Waals surface area contributed by atoms with Crippen molar-refractivity contribution in [3.8, 4) is 0 Å². The molecule has 0 aliphatic heterocycles. The van der Waals surface area contributed by atoms with Gasteiger partial charge in [0.25, 0.3) is 0 Å². The molecular formula is C14H18ClFN4O. The Labute approximate surface area is 127 Å². The van der Waals surface area contributed by atoms with Gasteiger partial charge in [0, 0.05) is 6.07 Å². The standard InChI is InChI=1S/C14H18ClFN4O/c1-3-4-5-14(2,8-21)20-12-11-10(18-13(15)19-12)6-9(16)7-17-11/h6-7,21H,3-5,8H2,1-2H3,(H,18,19,20). The van der Waals surface area contributed by atoms with E-state index in [1.165, 1.54) is 6.07 Å². The highest BCUT2D eigenvalue weighted by molar-refractivity contribution is 6.28. The minimum absolute atomic E-state index is 0.00758. The van der Waals surface area contributed by atoms with Crippen molar-refractivity contribution in [1.82, 2.24) is 15.0 Å². The van der Waals surface area contributed by atoms with E-state index in [4.69, 9.17) is 11.6 Å². The predicted octanol–water partition coefficient (Wildman–Crippen LogP) is 3.17. The number of pyridine rings is 1. The van der Waals surface area contributed by atoms with Crippen LogP contribution in [0.2, 0.25) is 5.28 Å². The molecule has 2 heterocycles. The molecule has 2 aromatic heterocycles. The van der Waals surface area contributed by atoms with E-state index in [0.717, 1.165) is 25.5 Å². The number of nitrogens with zero attached hydrogens (tertiary/aromatic N) is 3. The molecule has 0 saturated heterocycles. The molecule has 0 aliphatic carbocycles. The second-order valence-electron chi connectivity index (χ2n) is 5.31. The van der Waals surface area contributed by atoms with Gasteiger partial charge in [-0.05, 0) is 24.9 Å². The van der Waals surface area contributed by atoms with Crippen LogP contribution in [-0.4, -0.2) is 32.2 Å². The molecule has 5 nitrogen and oxygen atoms in total. The molecule has 0 aromatic carbocycles. The molecule has 0 saturated carbocycles. The Morgan fingerprint density at radius 3 is 2.86 bits per heavy atom. The number of rotatable bonds is 6. The SMILES string of the molecule is CCCCC(C)(CO)Nc1nc(Cl)nc2cc(F)cnc12. The lowest BCUT2D eigenvalue weighted by Gasteiger charge is -2.29. The van der Waals surface area contributed by atoms with Crippen molar-refractivity contribution in [3.63, 3.8) is 0 Å². The highest BCUT2D eigenvalue weighted by Gasteiger charge is 2.24. The Balaban J connectivity index is 2.41. The zero-order valence-corrected chi connectivity index (χ0v) is 12.8. The van der Waals surface area contributed by atoms with E-state index in [9.17, 15) is 9.50 Å². The van der Waals surface area contributed by atoms with Crippen LogP contribution in [0.3, 0.4) is 0 Å². The predicted molar refractivity (Wildman–Crippen MR) is 80.9 cm³/mol.